The van der Waals surface area contributed by atoms with Crippen LogP contribution in [0, 0.1) is 0 Å². The van der Waals surface area contributed by atoms with Crippen molar-refractivity contribution in [3.8, 4) is 0 Å². The first kappa shape index (κ1) is 15.3. The van der Waals surface area contributed by atoms with Gasteiger partial charge >= 0.3 is 0 Å². The fourth-order valence-corrected chi connectivity index (χ4v) is 4.98. The van der Waals surface area contributed by atoms with Gasteiger partial charge in [-0.05, 0) is 63.1 Å². The molecule has 2 aliphatic carbocycles. The predicted molar refractivity (Wildman–Crippen MR) is 102 cm³/mol. The quantitative estimate of drug-likeness (QED) is 0.718. The van der Waals surface area contributed by atoms with E-state index in [1.165, 1.54) is 52.8 Å². The Morgan fingerprint density at radius 3 is 2.84 bits per heavy atom. The van der Waals surface area contributed by atoms with Gasteiger partial charge in [-0.2, -0.15) is 0 Å². The maximum absolute atomic E-state index is 4.97. The highest BCUT2D eigenvalue weighted by Gasteiger charge is 2.29. The molecule has 3 aromatic heterocycles. The van der Waals surface area contributed by atoms with Crippen LogP contribution < -0.4 is 5.32 Å². The van der Waals surface area contributed by atoms with Crippen LogP contribution in [0.5, 0.6) is 0 Å². The fourth-order valence-electron chi connectivity index (χ4n) is 3.71. The maximum Gasteiger partial charge on any atom is 0.139 e. The minimum absolute atomic E-state index is 0.130. The van der Waals surface area contributed by atoms with Crippen molar-refractivity contribution in [2.24, 2.45) is 0 Å². The SMILES string of the molecule is C[C@@H](Nc1nc(C2CC2)nc2sc3c(c12)CCCC3)c1ccccn1. The third-order valence-corrected chi connectivity index (χ3v) is 6.44. The molecule has 0 aliphatic heterocycles. The highest BCUT2D eigenvalue weighted by molar-refractivity contribution is 7.19. The summed E-state index contributed by atoms with van der Waals surface area (Å²) in [5, 5.41) is 4.92. The molecule has 3 heterocycles. The molecule has 5 heteroatoms. The van der Waals surface area contributed by atoms with E-state index in [0.29, 0.717) is 5.92 Å². The lowest BCUT2D eigenvalue weighted by atomic mass is 9.97. The lowest BCUT2D eigenvalue weighted by Crippen LogP contribution is -2.11. The molecule has 0 spiro atoms. The van der Waals surface area contributed by atoms with Gasteiger partial charge in [0, 0.05) is 17.0 Å². The van der Waals surface area contributed by atoms with E-state index >= 15 is 0 Å². The number of anilines is 1. The van der Waals surface area contributed by atoms with E-state index in [4.69, 9.17) is 9.97 Å². The Morgan fingerprint density at radius 1 is 1.16 bits per heavy atom. The van der Waals surface area contributed by atoms with Crippen LogP contribution >= 0.6 is 11.3 Å². The van der Waals surface area contributed by atoms with Gasteiger partial charge in [0.15, 0.2) is 0 Å². The highest BCUT2D eigenvalue weighted by atomic mass is 32.1. The first-order chi connectivity index (χ1) is 12.3. The van der Waals surface area contributed by atoms with E-state index in [1.807, 2.05) is 29.7 Å². The van der Waals surface area contributed by atoms with Gasteiger partial charge in [-0.15, -0.1) is 11.3 Å². The van der Waals surface area contributed by atoms with Gasteiger partial charge in [0.25, 0.3) is 0 Å². The normalized spacial score (nSPS) is 18.1. The Hall–Kier alpha value is -2.01. The number of nitrogens with one attached hydrogen (secondary N) is 1. The van der Waals surface area contributed by atoms with Crippen LogP contribution in [0.1, 0.15) is 66.5 Å². The molecule has 5 rings (SSSR count). The summed E-state index contributed by atoms with van der Waals surface area (Å²) < 4.78 is 0. The summed E-state index contributed by atoms with van der Waals surface area (Å²) in [5.74, 6) is 2.61. The molecule has 0 saturated heterocycles. The Labute approximate surface area is 151 Å². The molecule has 1 atom stereocenters. The van der Waals surface area contributed by atoms with E-state index in [1.54, 1.807) is 0 Å². The topological polar surface area (TPSA) is 50.7 Å². The summed E-state index contributed by atoms with van der Waals surface area (Å²) in [4.78, 5) is 17.1. The minimum atomic E-state index is 0.130. The number of fused-ring (bicyclic) bond motifs is 3. The number of hydrogen-bond donors (Lipinski definition) is 1. The Balaban J connectivity index is 1.60. The molecule has 4 nitrogen and oxygen atoms in total. The second kappa shape index (κ2) is 6.06. The van der Waals surface area contributed by atoms with Gasteiger partial charge in [0.05, 0.1) is 17.1 Å². The maximum atomic E-state index is 4.97. The summed E-state index contributed by atoms with van der Waals surface area (Å²) >= 11 is 1.89. The number of thiophene rings is 1. The zero-order chi connectivity index (χ0) is 16.8. The highest BCUT2D eigenvalue weighted by Crippen LogP contribution is 2.43. The van der Waals surface area contributed by atoms with Gasteiger partial charge in [-0.3, -0.25) is 4.98 Å². The first-order valence-corrected chi connectivity index (χ1v) is 10.1. The average Bonchev–Trinajstić information content (AvgIpc) is 3.43. The monoisotopic (exact) mass is 350 g/mol. The molecule has 0 amide bonds. The van der Waals surface area contributed by atoms with Gasteiger partial charge in [0.1, 0.15) is 16.5 Å². The number of nitrogens with zero attached hydrogens (tertiary/aromatic N) is 3. The summed E-state index contributed by atoms with van der Waals surface area (Å²) in [6, 6.07) is 6.20. The van der Waals surface area contributed by atoms with Crippen molar-refractivity contribution < 1.29 is 0 Å². The lowest BCUT2D eigenvalue weighted by molar-refractivity contribution is 0.700. The van der Waals surface area contributed by atoms with Crippen molar-refractivity contribution in [3.05, 3.63) is 46.4 Å². The molecular weight excluding hydrogens is 328 g/mol. The number of aryl methyl sites for hydroxylation is 2. The molecule has 0 bridgehead atoms. The largest absolute Gasteiger partial charge is 0.361 e. The second-order valence-electron chi connectivity index (χ2n) is 7.22. The molecular formula is C20H22N4S. The van der Waals surface area contributed by atoms with Crippen molar-refractivity contribution in [3.63, 3.8) is 0 Å². The summed E-state index contributed by atoms with van der Waals surface area (Å²) in [6.45, 7) is 2.16. The van der Waals surface area contributed by atoms with Crippen LogP contribution in [0.2, 0.25) is 0 Å². The van der Waals surface area contributed by atoms with E-state index in [9.17, 15) is 0 Å². The van der Waals surface area contributed by atoms with E-state index < -0.39 is 0 Å². The summed E-state index contributed by atoms with van der Waals surface area (Å²) in [5.41, 5.74) is 2.54. The van der Waals surface area contributed by atoms with Crippen LogP contribution in [0.3, 0.4) is 0 Å². The number of aromatic nitrogens is 3. The fraction of sp³-hybridized carbons (Fsp3) is 0.450. The van der Waals surface area contributed by atoms with Crippen molar-refractivity contribution in [1.29, 1.82) is 0 Å². The Kier molecular flexibility index (Phi) is 3.70. The van der Waals surface area contributed by atoms with Crippen LogP contribution in [0.4, 0.5) is 5.82 Å². The first-order valence-electron chi connectivity index (χ1n) is 9.29. The molecule has 0 radical (unpaired) electrons. The van der Waals surface area contributed by atoms with Crippen LogP contribution in [-0.4, -0.2) is 15.0 Å². The van der Waals surface area contributed by atoms with Gasteiger partial charge in [0.2, 0.25) is 0 Å². The van der Waals surface area contributed by atoms with Crippen LogP contribution in [0.15, 0.2) is 24.4 Å². The molecule has 128 valence electrons. The molecule has 1 N–H and O–H groups in total. The third kappa shape index (κ3) is 2.80. The van der Waals surface area contributed by atoms with Crippen molar-refractivity contribution >= 4 is 27.4 Å². The number of hydrogen-bond acceptors (Lipinski definition) is 5. The molecule has 1 saturated carbocycles. The Bertz CT molecular complexity index is 914. The third-order valence-electron chi connectivity index (χ3n) is 5.26. The molecule has 25 heavy (non-hydrogen) atoms. The molecule has 0 aromatic carbocycles. The Morgan fingerprint density at radius 2 is 2.04 bits per heavy atom. The zero-order valence-electron chi connectivity index (χ0n) is 14.5. The smallest absolute Gasteiger partial charge is 0.139 e. The van der Waals surface area contributed by atoms with E-state index in [0.717, 1.165) is 23.8 Å². The van der Waals surface area contributed by atoms with Crippen LogP contribution in [-0.2, 0) is 12.8 Å². The van der Waals surface area contributed by atoms with Crippen LogP contribution in [0.25, 0.3) is 10.2 Å². The minimum Gasteiger partial charge on any atom is -0.361 e. The lowest BCUT2D eigenvalue weighted by Gasteiger charge is -2.17. The van der Waals surface area contributed by atoms with Gasteiger partial charge in [-0.1, -0.05) is 6.07 Å². The average molecular weight is 350 g/mol. The van der Waals surface area contributed by atoms with Crippen molar-refractivity contribution in [2.75, 3.05) is 5.32 Å². The zero-order valence-corrected chi connectivity index (χ0v) is 15.3. The number of rotatable bonds is 4. The molecule has 2 aliphatic rings. The molecule has 3 aromatic rings. The summed E-state index contributed by atoms with van der Waals surface area (Å²) in [7, 11) is 0. The van der Waals surface area contributed by atoms with Gasteiger partial charge in [-0.25, -0.2) is 9.97 Å². The molecule has 1 fully saturated rings. The second-order valence-corrected chi connectivity index (χ2v) is 8.30. The standard InChI is InChI=1S/C20H22N4S/c1-12(15-7-4-5-11-21-15)22-19-17-14-6-2-3-8-16(14)25-20(17)24-18(23-19)13-9-10-13/h4-5,7,11-13H,2-3,6,8-10H2,1H3,(H,22,23,24)/t12-/m1/s1. The van der Waals surface area contributed by atoms with Crippen molar-refractivity contribution in [2.45, 2.75) is 57.4 Å². The van der Waals surface area contributed by atoms with E-state index in [-0.39, 0.29) is 6.04 Å². The van der Waals surface area contributed by atoms with Gasteiger partial charge < -0.3 is 5.32 Å². The summed E-state index contributed by atoms with van der Waals surface area (Å²) in [6.07, 6.45) is 9.25. The number of pyridine rings is 1. The predicted octanol–water partition coefficient (Wildman–Crippen LogP) is 5.02. The van der Waals surface area contributed by atoms with E-state index in [2.05, 4.69) is 23.3 Å². The van der Waals surface area contributed by atoms with Crippen molar-refractivity contribution in [1.82, 2.24) is 15.0 Å². The molecule has 0 unspecified atom stereocenters.